The summed E-state index contributed by atoms with van der Waals surface area (Å²) in [6.07, 6.45) is 0. The Kier molecular flexibility index (Phi) is 4.48. The van der Waals surface area contributed by atoms with Gasteiger partial charge in [0.2, 0.25) is 0 Å². The summed E-state index contributed by atoms with van der Waals surface area (Å²) in [5.41, 5.74) is 0.712. The summed E-state index contributed by atoms with van der Waals surface area (Å²) in [4.78, 5) is 12.5. The van der Waals surface area contributed by atoms with Crippen LogP contribution in [0.1, 0.15) is 25.5 Å². The van der Waals surface area contributed by atoms with Gasteiger partial charge < -0.3 is 5.11 Å². The third-order valence-corrected chi connectivity index (χ3v) is 3.32. The smallest absolute Gasteiger partial charge is 0.320 e. The number of aliphatic carboxylic acids is 1. The first-order valence-corrected chi connectivity index (χ1v) is 5.62. The quantitative estimate of drug-likeness (QED) is 0.904. The molecule has 0 amide bonds. The van der Waals surface area contributed by atoms with Crippen molar-refractivity contribution in [2.45, 2.75) is 25.9 Å². The zero-order valence-electron chi connectivity index (χ0n) is 9.95. The average molecular weight is 260 g/mol. The van der Waals surface area contributed by atoms with E-state index in [0.717, 1.165) is 0 Å². The molecule has 0 aliphatic rings. The fraction of sp³-hybridized carbons (Fsp3) is 0.417. The highest BCUT2D eigenvalue weighted by atomic mass is 35.5. The van der Waals surface area contributed by atoms with Gasteiger partial charge in [0.15, 0.2) is 0 Å². The Labute approximate surface area is 105 Å². The maximum Gasteiger partial charge on any atom is 0.320 e. The molecule has 2 atom stereocenters. The molecule has 0 aliphatic heterocycles. The molecule has 0 aromatic heterocycles. The van der Waals surface area contributed by atoms with Crippen molar-refractivity contribution in [2.24, 2.45) is 0 Å². The zero-order valence-corrected chi connectivity index (χ0v) is 10.7. The van der Waals surface area contributed by atoms with Gasteiger partial charge in [-0.15, -0.1) is 0 Å². The number of likely N-dealkylation sites (N-methyl/N-ethyl adjacent to an activating group) is 1. The molecule has 3 nitrogen and oxygen atoms in total. The van der Waals surface area contributed by atoms with Crippen molar-refractivity contribution < 1.29 is 14.3 Å². The number of hydrogen-bond acceptors (Lipinski definition) is 2. The highest BCUT2D eigenvalue weighted by molar-refractivity contribution is 6.31. The first kappa shape index (κ1) is 13.9. The normalized spacial score (nSPS) is 14.7. The molecule has 0 saturated heterocycles. The molecule has 17 heavy (non-hydrogen) atoms. The van der Waals surface area contributed by atoms with E-state index in [-0.39, 0.29) is 6.04 Å². The number of nitrogens with zero attached hydrogens (tertiary/aromatic N) is 1. The summed E-state index contributed by atoms with van der Waals surface area (Å²) in [5.74, 6) is -1.31. The number of carboxylic acid groups (broad SMARTS) is 1. The van der Waals surface area contributed by atoms with Gasteiger partial charge in [-0.2, -0.15) is 0 Å². The van der Waals surface area contributed by atoms with Crippen LogP contribution in [-0.4, -0.2) is 29.1 Å². The van der Waals surface area contributed by atoms with Gasteiger partial charge in [-0.05, 0) is 38.6 Å². The minimum atomic E-state index is -0.905. The Morgan fingerprint density at radius 2 is 2.06 bits per heavy atom. The molecule has 94 valence electrons. The van der Waals surface area contributed by atoms with Crippen molar-refractivity contribution in [1.29, 1.82) is 0 Å². The summed E-state index contributed by atoms with van der Waals surface area (Å²) in [5, 5.41) is 9.23. The predicted molar refractivity (Wildman–Crippen MR) is 64.7 cm³/mol. The SMILES string of the molecule is CC(C(=O)O)N(C)C(C)c1ccc(F)cc1Cl. The number of benzene rings is 1. The summed E-state index contributed by atoms with van der Waals surface area (Å²) < 4.78 is 12.9. The van der Waals surface area contributed by atoms with Crippen molar-refractivity contribution in [3.8, 4) is 0 Å². The van der Waals surface area contributed by atoms with Gasteiger partial charge in [-0.3, -0.25) is 9.69 Å². The fourth-order valence-corrected chi connectivity index (χ4v) is 1.89. The summed E-state index contributed by atoms with van der Waals surface area (Å²) in [6.45, 7) is 3.43. The van der Waals surface area contributed by atoms with E-state index < -0.39 is 17.8 Å². The Bertz CT molecular complexity index is 425. The lowest BCUT2D eigenvalue weighted by atomic mass is 10.1. The Hall–Kier alpha value is -1.13. The first-order valence-electron chi connectivity index (χ1n) is 5.24. The Balaban J connectivity index is 2.96. The molecule has 0 fully saturated rings. The number of halogens is 2. The number of hydrogen-bond donors (Lipinski definition) is 1. The minimum absolute atomic E-state index is 0.200. The number of carbonyl (C=O) groups is 1. The van der Waals surface area contributed by atoms with Crippen LogP contribution >= 0.6 is 11.6 Å². The molecule has 0 heterocycles. The van der Waals surface area contributed by atoms with Crippen LogP contribution in [0.2, 0.25) is 5.02 Å². The molecule has 1 N–H and O–H groups in total. The van der Waals surface area contributed by atoms with E-state index in [9.17, 15) is 9.18 Å². The standard InChI is InChI=1S/C12H15ClFNO2/c1-7(15(3)8(2)12(16)17)10-5-4-9(14)6-11(10)13/h4-8H,1-3H3,(H,16,17). The minimum Gasteiger partial charge on any atom is -0.480 e. The molecule has 0 bridgehead atoms. The van der Waals surface area contributed by atoms with E-state index in [1.165, 1.54) is 12.1 Å². The molecule has 0 radical (unpaired) electrons. The van der Waals surface area contributed by atoms with Gasteiger partial charge in [0.1, 0.15) is 11.9 Å². The lowest BCUT2D eigenvalue weighted by Crippen LogP contribution is -2.37. The Morgan fingerprint density at radius 1 is 1.47 bits per heavy atom. The monoisotopic (exact) mass is 259 g/mol. The zero-order chi connectivity index (χ0) is 13.2. The number of rotatable bonds is 4. The van der Waals surface area contributed by atoms with E-state index in [0.29, 0.717) is 10.6 Å². The van der Waals surface area contributed by atoms with Gasteiger partial charge in [0.25, 0.3) is 0 Å². The van der Waals surface area contributed by atoms with Crippen LogP contribution < -0.4 is 0 Å². The third-order valence-electron chi connectivity index (χ3n) is 2.99. The second-order valence-electron chi connectivity index (χ2n) is 4.02. The van der Waals surface area contributed by atoms with Crippen LogP contribution in [0.5, 0.6) is 0 Å². The van der Waals surface area contributed by atoms with Crippen LogP contribution in [0.3, 0.4) is 0 Å². The lowest BCUT2D eigenvalue weighted by molar-refractivity contribution is -0.142. The molecule has 2 unspecified atom stereocenters. The van der Waals surface area contributed by atoms with Crippen LogP contribution in [0.15, 0.2) is 18.2 Å². The lowest BCUT2D eigenvalue weighted by Gasteiger charge is -2.29. The Morgan fingerprint density at radius 3 is 2.53 bits per heavy atom. The summed E-state index contributed by atoms with van der Waals surface area (Å²) >= 11 is 5.94. The average Bonchev–Trinajstić information content (AvgIpc) is 2.26. The summed E-state index contributed by atoms with van der Waals surface area (Å²) in [7, 11) is 1.70. The third kappa shape index (κ3) is 3.17. The van der Waals surface area contributed by atoms with Crippen molar-refractivity contribution >= 4 is 17.6 Å². The topological polar surface area (TPSA) is 40.5 Å². The van der Waals surface area contributed by atoms with Gasteiger partial charge in [0, 0.05) is 11.1 Å². The van der Waals surface area contributed by atoms with E-state index in [1.54, 1.807) is 24.9 Å². The van der Waals surface area contributed by atoms with Crippen molar-refractivity contribution in [3.63, 3.8) is 0 Å². The largest absolute Gasteiger partial charge is 0.480 e. The maximum atomic E-state index is 12.9. The molecule has 0 spiro atoms. The molecule has 1 rings (SSSR count). The predicted octanol–water partition coefficient (Wildman–Crippen LogP) is 2.95. The molecule has 1 aromatic rings. The van der Waals surface area contributed by atoms with Crippen molar-refractivity contribution in [1.82, 2.24) is 4.90 Å². The summed E-state index contributed by atoms with van der Waals surface area (Å²) in [6, 6.07) is 3.29. The second-order valence-corrected chi connectivity index (χ2v) is 4.43. The van der Waals surface area contributed by atoms with Crippen LogP contribution in [0.4, 0.5) is 4.39 Å². The fourth-order valence-electron chi connectivity index (χ4n) is 1.57. The molecule has 1 aromatic carbocycles. The maximum absolute atomic E-state index is 12.9. The van der Waals surface area contributed by atoms with Crippen molar-refractivity contribution in [2.75, 3.05) is 7.05 Å². The van der Waals surface area contributed by atoms with Crippen LogP contribution in [-0.2, 0) is 4.79 Å². The van der Waals surface area contributed by atoms with Gasteiger partial charge in [0.05, 0.1) is 0 Å². The van der Waals surface area contributed by atoms with Crippen molar-refractivity contribution in [3.05, 3.63) is 34.6 Å². The second kappa shape index (κ2) is 5.47. The highest BCUT2D eigenvalue weighted by Gasteiger charge is 2.23. The van der Waals surface area contributed by atoms with Gasteiger partial charge in [-0.25, -0.2) is 4.39 Å². The van der Waals surface area contributed by atoms with E-state index in [1.807, 2.05) is 6.92 Å². The molecule has 0 saturated carbocycles. The van der Waals surface area contributed by atoms with Crippen LogP contribution in [0.25, 0.3) is 0 Å². The molecule has 0 aliphatic carbocycles. The molecular formula is C12H15ClFNO2. The number of carboxylic acids is 1. The van der Waals surface area contributed by atoms with E-state index >= 15 is 0 Å². The molecular weight excluding hydrogens is 245 g/mol. The van der Waals surface area contributed by atoms with Crippen LogP contribution in [0, 0.1) is 5.82 Å². The van der Waals surface area contributed by atoms with Gasteiger partial charge in [-0.1, -0.05) is 17.7 Å². The first-order chi connectivity index (χ1) is 7.84. The van der Waals surface area contributed by atoms with Gasteiger partial charge >= 0.3 is 5.97 Å². The molecule has 5 heteroatoms. The highest BCUT2D eigenvalue weighted by Crippen LogP contribution is 2.28. The van der Waals surface area contributed by atoms with E-state index in [2.05, 4.69) is 0 Å². The van der Waals surface area contributed by atoms with E-state index in [4.69, 9.17) is 16.7 Å².